The lowest BCUT2D eigenvalue weighted by Crippen LogP contribution is -2.11. The topological polar surface area (TPSA) is 91.3 Å². The number of anilines is 1. The molecule has 0 amide bonds. The van der Waals surface area contributed by atoms with Gasteiger partial charge in [-0.3, -0.25) is 9.97 Å². The summed E-state index contributed by atoms with van der Waals surface area (Å²) in [6, 6.07) is 5.92. The van der Waals surface area contributed by atoms with Crippen molar-refractivity contribution in [2.45, 2.75) is 25.4 Å². The molecule has 1 aliphatic rings. The molecule has 0 aliphatic carbocycles. The molecule has 0 spiro atoms. The zero-order valence-electron chi connectivity index (χ0n) is 17.2. The lowest BCUT2D eigenvalue weighted by atomic mass is 10.1. The highest BCUT2D eigenvalue weighted by Crippen LogP contribution is 2.33. The van der Waals surface area contributed by atoms with E-state index < -0.39 is 0 Å². The van der Waals surface area contributed by atoms with Gasteiger partial charge in [-0.25, -0.2) is 9.97 Å². The fraction of sp³-hybridized carbons (Fsp3) is 0.364. The summed E-state index contributed by atoms with van der Waals surface area (Å²) in [5.74, 6) is 2.02. The number of hydrogen-bond donors (Lipinski definition) is 1. The number of benzene rings is 1. The molecule has 3 heterocycles. The summed E-state index contributed by atoms with van der Waals surface area (Å²) in [5.41, 5.74) is 3.60. The molecule has 1 aromatic carbocycles. The predicted octanol–water partition coefficient (Wildman–Crippen LogP) is 3.46. The van der Waals surface area contributed by atoms with E-state index in [4.69, 9.17) is 19.2 Å². The predicted molar refractivity (Wildman–Crippen MR) is 113 cm³/mol. The Morgan fingerprint density at radius 2 is 2.00 bits per heavy atom. The Labute approximate surface area is 175 Å². The van der Waals surface area contributed by atoms with Gasteiger partial charge in [0.2, 0.25) is 5.95 Å². The maximum Gasteiger partial charge on any atom is 0.222 e. The molecule has 0 bridgehead atoms. The lowest BCUT2D eigenvalue weighted by Gasteiger charge is -2.15. The van der Waals surface area contributed by atoms with E-state index in [0.717, 1.165) is 59.9 Å². The molecular weight excluding hydrogens is 382 g/mol. The molecule has 4 rings (SSSR count). The van der Waals surface area contributed by atoms with Gasteiger partial charge in [-0.1, -0.05) is 6.07 Å². The van der Waals surface area contributed by atoms with E-state index in [0.29, 0.717) is 12.5 Å². The van der Waals surface area contributed by atoms with Gasteiger partial charge in [-0.05, 0) is 37.0 Å². The molecule has 2 aromatic heterocycles. The standard InChI is InChI=1S/C22H25N5O3/c1-28-18-6-5-15(12-20(18)29-2)7-8-25-22-26-13-16(17-14-23-9-10-24-17)21(27-22)19-4-3-11-30-19/h5-6,9-10,12-14,19H,3-4,7-8,11H2,1-2H3,(H,25,26,27). The second-order valence-electron chi connectivity index (χ2n) is 6.95. The zero-order valence-corrected chi connectivity index (χ0v) is 17.2. The van der Waals surface area contributed by atoms with Crippen LogP contribution in [-0.4, -0.2) is 47.3 Å². The van der Waals surface area contributed by atoms with Crippen LogP contribution in [-0.2, 0) is 11.2 Å². The minimum atomic E-state index is -0.0450. The van der Waals surface area contributed by atoms with Crippen LogP contribution in [0.2, 0.25) is 0 Å². The summed E-state index contributed by atoms with van der Waals surface area (Å²) in [5, 5.41) is 3.32. The third-order valence-corrected chi connectivity index (χ3v) is 5.04. The van der Waals surface area contributed by atoms with E-state index in [2.05, 4.69) is 20.3 Å². The van der Waals surface area contributed by atoms with Crippen LogP contribution in [0.25, 0.3) is 11.3 Å². The number of nitrogens with one attached hydrogen (secondary N) is 1. The van der Waals surface area contributed by atoms with Gasteiger partial charge in [-0.2, -0.15) is 0 Å². The average molecular weight is 407 g/mol. The highest BCUT2D eigenvalue weighted by Gasteiger charge is 2.24. The Morgan fingerprint density at radius 3 is 2.73 bits per heavy atom. The van der Waals surface area contributed by atoms with Crippen molar-refractivity contribution in [3.63, 3.8) is 0 Å². The van der Waals surface area contributed by atoms with Gasteiger partial charge in [0.1, 0.15) is 6.10 Å². The number of nitrogens with zero attached hydrogens (tertiary/aromatic N) is 4. The van der Waals surface area contributed by atoms with E-state index in [1.54, 1.807) is 39.0 Å². The van der Waals surface area contributed by atoms with Gasteiger partial charge in [-0.15, -0.1) is 0 Å². The first kappa shape index (κ1) is 20.0. The fourth-order valence-corrected chi connectivity index (χ4v) is 3.51. The Hall–Kier alpha value is -3.26. The van der Waals surface area contributed by atoms with Gasteiger partial charge in [0.25, 0.3) is 0 Å². The third-order valence-electron chi connectivity index (χ3n) is 5.04. The molecule has 1 N–H and O–H groups in total. The van der Waals surface area contributed by atoms with Crippen LogP contribution < -0.4 is 14.8 Å². The van der Waals surface area contributed by atoms with Crippen molar-refractivity contribution in [2.75, 3.05) is 32.7 Å². The van der Waals surface area contributed by atoms with Crippen LogP contribution in [0.4, 0.5) is 5.95 Å². The van der Waals surface area contributed by atoms with Crippen molar-refractivity contribution >= 4 is 5.95 Å². The quantitative estimate of drug-likeness (QED) is 0.607. The van der Waals surface area contributed by atoms with E-state index >= 15 is 0 Å². The van der Waals surface area contributed by atoms with Crippen molar-refractivity contribution in [1.82, 2.24) is 19.9 Å². The molecule has 1 atom stereocenters. The second kappa shape index (κ2) is 9.49. The van der Waals surface area contributed by atoms with E-state index in [1.807, 2.05) is 18.2 Å². The third kappa shape index (κ3) is 4.49. The molecule has 30 heavy (non-hydrogen) atoms. The summed E-state index contributed by atoms with van der Waals surface area (Å²) >= 11 is 0. The maximum atomic E-state index is 5.89. The number of rotatable bonds is 8. The first-order chi connectivity index (χ1) is 14.8. The number of hydrogen-bond acceptors (Lipinski definition) is 8. The number of aromatic nitrogens is 4. The minimum Gasteiger partial charge on any atom is -0.493 e. The summed E-state index contributed by atoms with van der Waals surface area (Å²) in [6.45, 7) is 1.43. The van der Waals surface area contributed by atoms with Crippen molar-refractivity contribution in [2.24, 2.45) is 0 Å². The van der Waals surface area contributed by atoms with E-state index in [1.165, 1.54) is 0 Å². The summed E-state index contributed by atoms with van der Waals surface area (Å²) < 4.78 is 16.6. The molecule has 156 valence electrons. The Kier molecular flexibility index (Phi) is 6.34. The van der Waals surface area contributed by atoms with Gasteiger partial charge < -0.3 is 19.5 Å². The van der Waals surface area contributed by atoms with Crippen LogP contribution in [0.3, 0.4) is 0 Å². The Morgan fingerprint density at radius 1 is 1.10 bits per heavy atom. The number of methoxy groups -OCH3 is 2. The largest absolute Gasteiger partial charge is 0.493 e. The first-order valence-corrected chi connectivity index (χ1v) is 9.98. The van der Waals surface area contributed by atoms with Crippen LogP contribution >= 0.6 is 0 Å². The van der Waals surface area contributed by atoms with Gasteiger partial charge in [0.15, 0.2) is 11.5 Å². The average Bonchev–Trinajstić information content (AvgIpc) is 3.34. The molecule has 1 aliphatic heterocycles. The second-order valence-corrected chi connectivity index (χ2v) is 6.95. The molecule has 3 aromatic rings. The lowest BCUT2D eigenvalue weighted by molar-refractivity contribution is 0.109. The smallest absolute Gasteiger partial charge is 0.222 e. The van der Waals surface area contributed by atoms with Crippen LogP contribution in [0.5, 0.6) is 11.5 Å². The highest BCUT2D eigenvalue weighted by atomic mass is 16.5. The van der Waals surface area contributed by atoms with Crippen LogP contribution in [0.15, 0.2) is 43.0 Å². The molecular formula is C22H25N5O3. The highest BCUT2D eigenvalue weighted by molar-refractivity contribution is 5.61. The fourth-order valence-electron chi connectivity index (χ4n) is 3.51. The van der Waals surface area contributed by atoms with E-state index in [-0.39, 0.29) is 6.10 Å². The van der Waals surface area contributed by atoms with Crippen molar-refractivity contribution in [3.05, 3.63) is 54.2 Å². The van der Waals surface area contributed by atoms with Crippen LogP contribution in [0, 0.1) is 0 Å². The van der Waals surface area contributed by atoms with Gasteiger partial charge >= 0.3 is 0 Å². The first-order valence-electron chi connectivity index (χ1n) is 9.98. The van der Waals surface area contributed by atoms with Crippen molar-refractivity contribution < 1.29 is 14.2 Å². The molecule has 8 nitrogen and oxygen atoms in total. The number of ether oxygens (including phenoxy) is 3. The monoisotopic (exact) mass is 407 g/mol. The Bertz CT molecular complexity index is 978. The molecule has 0 saturated carbocycles. The molecule has 0 radical (unpaired) electrons. The van der Waals surface area contributed by atoms with Crippen molar-refractivity contribution in [3.8, 4) is 22.8 Å². The molecule has 8 heteroatoms. The summed E-state index contributed by atoms with van der Waals surface area (Å²) in [6.07, 6.45) is 9.56. The minimum absolute atomic E-state index is 0.0450. The molecule has 1 fully saturated rings. The van der Waals surface area contributed by atoms with Crippen molar-refractivity contribution in [1.29, 1.82) is 0 Å². The summed E-state index contributed by atoms with van der Waals surface area (Å²) in [7, 11) is 3.27. The SMILES string of the molecule is COc1ccc(CCNc2ncc(-c3cnccn3)c(C3CCCO3)n2)cc1OC. The maximum absolute atomic E-state index is 5.89. The Balaban J connectivity index is 1.49. The molecule has 1 saturated heterocycles. The molecule has 1 unspecified atom stereocenters. The van der Waals surface area contributed by atoms with E-state index in [9.17, 15) is 0 Å². The van der Waals surface area contributed by atoms with Gasteiger partial charge in [0, 0.05) is 37.3 Å². The van der Waals surface area contributed by atoms with Gasteiger partial charge in [0.05, 0.1) is 31.8 Å². The zero-order chi connectivity index (χ0) is 20.8. The summed E-state index contributed by atoms with van der Waals surface area (Å²) in [4.78, 5) is 17.8. The van der Waals surface area contributed by atoms with Crippen LogP contribution in [0.1, 0.15) is 30.2 Å². The normalized spacial score (nSPS) is 15.7.